The summed E-state index contributed by atoms with van der Waals surface area (Å²) in [5.41, 5.74) is 0. The largest absolute Gasteiger partial charge is 0.333 e. The number of nitrogens with zero attached hydrogens (tertiary/aromatic N) is 1. The minimum absolute atomic E-state index is 0.150. The summed E-state index contributed by atoms with van der Waals surface area (Å²) >= 11 is 0. The molecule has 2 nitrogen and oxygen atoms in total. The van der Waals surface area contributed by atoms with Crippen LogP contribution in [0, 0.1) is 5.92 Å². The van der Waals surface area contributed by atoms with Gasteiger partial charge in [-0.25, -0.2) is 0 Å². The van der Waals surface area contributed by atoms with E-state index in [0.29, 0.717) is 12.1 Å². The Morgan fingerprint density at radius 3 is 2.00 bits per heavy atom. The minimum atomic E-state index is 0.150. The van der Waals surface area contributed by atoms with Gasteiger partial charge < -0.3 is 4.90 Å². The number of carbonyl (C=O) groups excluding carboxylic acids is 1. The molecule has 2 saturated carbocycles. The molecule has 0 atom stereocenters. The normalized spacial score (nSPS) is 31.0. The smallest absolute Gasteiger partial charge is 0.246 e. The van der Waals surface area contributed by atoms with Crippen LogP contribution in [0.15, 0.2) is 12.7 Å². The van der Waals surface area contributed by atoms with Crippen molar-refractivity contribution in [1.29, 1.82) is 0 Å². The van der Waals surface area contributed by atoms with Gasteiger partial charge in [0, 0.05) is 12.1 Å². The molecule has 0 bridgehead atoms. The van der Waals surface area contributed by atoms with Crippen LogP contribution >= 0.6 is 0 Å². The highest BCUT2D eigenvalue weighted by Gasteiger charge is 2.37. The molecule has 2 aliphatic carbocycles. The molecule has 0 aromatic heterocycles. The zero-order chi connectivity index (χ0) is 10.8. The summed E-state index contributed by atoms with van der Waals surface area (Å²) < 4.78 is 0. The molecular weight excluding hydrogens is 186 g/mol. The number of hydrogen-bond donors (Lipinski definition) is 0. The lowest BCUT2D eigenvalue weighted by atomic mass is 9.86. The van der Waals surface area contributed by atoms with Crippen LogP contribution in [0.1, 0.15) is 45.4 Å². The van der Waals surface area contributed by atoms with Crippen LogP contribution in [0.4, 0.5) is 0 Å². The van der Waals surface area contributed by atoms with E-state index in [9.17, 15) is 4.79 Å². The maximum absolute atomic E-state index is 11.8. The van der Waals surface area contributed by atoms with Gasteiger partial charge in [0.15, 0.2) is 0 Å². The molecule has 0 saturated heterocycles. The van der Waals surface area contributed by atoms with Crippen molar-refractivity contribution in [3.8, 4) is 0 Å². The third kappa shape index (κ3) is 2.42. The third-order valence-corrected chi connectivity index (χ3v) is 3.75. The lowest BCUT2D eigenvalue weighted by molar-refractivity contribution is -0.129. The van der Waals surface area contributed by atoms with Crippen LogP contribution in [-0.4, -0.2) is 22.9 Å². The Morgan fingerprint density at radius 2 is 1.60 bits per heavy atom. The van der Waals surface area contributed by atoms with E-state index in [1.54, 1.807) is 0 Å². The Bertz CT molecular complexity index is 249. The summed E-state index contributed by atoms with van der Waals surface area (Å²) in [6, 6.07) is 1.04. The predicted octanol–water partition coefficient (Wildman–Crippen LogP) is 2.74. The van der Waals surface area contributed by atoms with Gasteiger partial charge in [-0.05, 0) is 50.5 Å². The molecule has 0 unspecified atom stereocenters. The zero-order valence-corrected chi connectivity index (χ0v) is 9.61. The minimum Gasteiger partial charge on any atom is -0.333 e. The van der Waals surface area contributed by atoms with E-state index < -0.39 is 0 Å². The van der Waals surface area contributed by atoms with E-state index in [2.05, 4.69) is 18.4 Å². The lowest BCUT2D eigenvalue weighted by Gasteiger charge is -2.35. The molecule has 2 aliphatic rings. The first kappa shape index (κ1) is 10.7. The highest BCUT2D eigenvalue weighted by Crippen LogP contribution is 2.35. The molecule has 0 heterocycles. The van der Waals surface area contributed by atoms with E-state index in [-0.39, 0.29) is 5.91 Å². The van der Waals surface area contributed by atoms with Crippen molar-refractivity contribution in [3.63, 3.8) is 0 Å². The highest BCUT2D eigenvalue weighted by molar-refractivity contribution is 5.87. The van der Waals surface area contributed by atoms with Crippen LogP contribution < -0.4 is 0 Å². The summed E-state index contributed by atoms with van der Waals surface area (Å²) in [6.45, 7) is 5.92. The Kier molecular flexibility index (Phi) is 3.13. The first-order chi connectivity index (χ1) is 7.22. The molecule has 84 valence electrons. The molecule has 0 aromatic carbocycles. The molecule has 0 spiro atoms. The van der Waals surface area contributed by atoms with Gasteiger partial charge in [-0.3, -0.25) is 4.79 Å². The molecule has 0 aromatic rings. The Balaban J connectivity index is 1.98. The first-order valence-electron chi connectivity index (χ1n) is 6.17. The summed E-state index contributed by atoms with van der Waals surface area (Å²) in [5, 5.41) is 0. The van der Waals surface area contributed by atoms with Gasteiger partial charge in [0.25, 0.3) is 0 Å². The third-order valence-electron chi connectivity index (χ3n) is 3.75. The van der Waals surface area contributed by atoms with E-state index >= 15 is 0 Å². The summed E-state index contributed by atoms with van der Waals surface area (Å²) in [5.74, 6) is 0.998. The molecule has 2 rings (SSSR count). The average Bonchev–Trinajstić information content (AvgIpc) is 3.05. The number of hydrogen-bond acceptors (Lipinski definition) is 1. The fourth-order valence-electron chi connectivity index (χ4n) is 2.64. The average molecular weight is 207 g/mol. The second kappa shape index (κ2) is 4.38. The first-order valence-corrected chi connectivity index (χ1v) is 6.17. The Morgan fingerprint density at radius 1 is 1.13 bits per heavy atom. The summed E-state index contributed by atoms with van der Waals surface area (Å²) in [6.07, 6.45) is 8.82. The number of amides is 1. The van der Waals surface area contributed by atoms with Crippen molar-refractivity contribution in [3.05, 3.63) is 12.7 Å². The van der Waals surface area contributed by atoms with Crippen molar-refractivity contribution in [2.24, 2.45) is 5.92 Å². The van der Waals surface area contributed by atoms with Crippen molar-refractivity contribution >= 4 is 5.91 Å². The van der Waals surface area contributed by atoms with Crippen molar-refractivity contribution < 1.29 is 4.79 Å². The van der Waals surface area contributed by atoms with Crippen molar-refractivity contribution in [1.82, 2.24) is 4.90 Å². The Hall–Kier alpha value is -0.790. The van der Waals surface area contributed by atoms with Crippen LogP contribution in [-0.2, 0) is 4.79 Å². The molecule has 15 heavy (non-hydrogen) atoms. The highest BCUT2D eigenvalue weighted by atomic mass is 16.2. The monoisotopic (exact) mass is 207 g/mol. The topological polar surface area (TPSA) is 20.3 Å². The fraction of sp³-hybridized carbons (Fsp3) is 0.769. The summed E-state index contributed by atoms with van der Waals surface area (Å²) in [7, 11) is 0. The van der Waals surface area contributed by atoms with Gasteiger partial charge in [0.2, 0.25) is 5.91 Å². The molecular formula is C13H21NO. The van der Waals surface area contributed by atoms with Crippen molar-refractivity contribution in [2.45, 2.75) is 57.5 Å². The zero-order valence-electron chi connectivity index (χ0n) is 9.61. The van der Waals surface area contributed by atoms with Gasteiger partial charge in [-0.15, -0.1) is 0 Å². The number of rotatable bonds is 3. The van der Waals surface area contributed by atoms with Crippen LogP contribution in [0.3, 0.4) is 0 Å². The van der Waals surface area contributed by atoms with Gasteiger partial charge >= 0.3 is 0 Å². The van der Waals surface area contributed by atoms with E-state index in [4.69, 9.17) is 0 Å². The second-order valence-corrected chi connectivity index (χ2v) is 5.09. The van der Waals surface area contributed by atoms with Gasteiger partial charge in [0.05, 0.1) is 0 Å². The number of carbonyl (C=O) groups is 1. The van der Waals surface area contributed by atoms with Gasteiger partial charge in [-0.2, -0.15) is 0 Å². The molecule has 2 heteroatoms. The molecule has 0 aliphatic heterocycles. The standard InChI is InChI=1S/C13H21NO/c1-3-13(15)14(12-8-9-12)11-6-4-10(2)5-7-11/h3,10-12H,1,4-9H2,2H3. The summed E-state index contributed by atoms with van der Waals surface area (Å²) in [4.78, 5) is 13.9. The Labute approximate surface area is 92.3 Å². The van der Waals surface area contributed by atoms with E-state index in [1.807, 2.05) is 0 Å². The molecule has 0 radical (unpaired) electrons. The maximum atomic E-state index is 11.8. The molecule has 0 N–H and O–H groups in total. The molecule has 2 fully saturated rings. The van der Waals surface area contributed by atoms with Crippen molar-refractivity contribution in [2.75, 3.05) is 0 Å². The van der Waals surface area contributed by atoms with Crippen LogP contribution in [0.25, 0.3) is 0 Å². The van der Waals surface area contributed by atoms with E-state index in [1.165, 1.54) is 44.6 Å². The van der Waals surface area contributed by atoms with Crippen LogP contribution in [0.2, 0.25) is 0 Å². The fourth-order valence-corrected chi connectivity index (χ4v) is 2.64. The van der Waals surface area contributed by atoms with E-state index in [0.717, 1.165) is 5.92 Å². The lowest BCUT2D eigenvalue weighted by Crippen LogP contribution is -2.42. The van der Waals surface area contributed by atoms with Gasteiger partial charge in [0.1, 0.15) is 0 Å². The second-order valence-electron chi connectivity index (χ2n) is 5.09. The maximum Gasteiger partial charge on any atom is 0.246 e. The molecule has 1 amide bonds. The van der Waals surface area contributed by atoms with Crippen LogP contribution in [0.5, 0.6) is 0 Å². The SMILES string of the molecule is C=CC(=O)N(C1CCC(C)CC1)C1CC1. The van der Waals surface area contributed by atoms with Gasteiger partial charge in [-0.1, -0.05) is 13.5 Å². The quantitative estimate of drug-likeness (QED) is 0.652. The predicted molar refractivity (Wildman–Crippen MR) is 61.5 cm³/mol.